The minimum absolute atomic E-state index is 0.152. The molecule has 0 radical (unpaired) electrons. The molecule has 1 unspecified atom stereocenters. The molecule has 6 nitrogen and oxygen atoms in total. The fourth-order valence-corrected chi connectivity index (χ4v) is 4.09. The number of carbonyl (C=O) groups is 2. The first-order valence-electron chi connectivity index (χ1n) is 11.4. The topological polar surface area (TPSA) is 71.8 Å². The fourth-order valence-electron chi connectivity index (χ4n) is 3.96. The molecule has 2 aromatic carbocycles. The summed E-state index contributed by atoms with van der Waals surface area (Å²) in [4.78, 5) is 27.7. The van der Waals surface area contributed by atoms with Gasteiger partial charge in [-0.15, -0.1) is 0 Å². The van der Waals surface area contributed by atoms with E-state index in [0.717, 1.165) is 27.9 Å². The third-order valence-corrected chi connectivity index (χ3v) is 5.86. The van der Waals surface area contributed by atoms with E-state index in [-0.39, 0.29) is 5.91 Å². The van der Waals surface area contributed by atoms with Crippen LogP contribution >= 0.6 is 11.6 Å². The van der Waals surface area contributed by atoms with E-state index in [4.69, 9.17) is 20.8 Å². The van der Waals surface area contributed by atoms with E-state index in [0.29, 0.717) is 31.0 Å². The molecular formula is C27H29ClN2O4. The van der Waals surface area contributed by atoms with Gasteiger partial charge in [0, 0.05) is 29.9 Å². The molecular weight excluding hydrogens is 452 g/mol. The van der Waals surface area contributed by atoms with Gasteiger partial charge in [-0.05, 0) is 62.6 Å². The monoisotopic (exact) mass is 480 g/mol. The maximum absolute atomic E-state index is 13.4. The number of halogens is 1. The van der Waals surface area contributed by atoms with Crippen LogP contribution in [0.3, 0.4) is 0 Å². The average Bonchev–Trinajstić information content (AvgIpc) is 3.23. The second kappa shape index (κ2) is 9.94. The summed E-state index contributed by atoms with van der Waals surface area (Å²) in [5, 5.41) is 4.44. The lowest BCUT2D eigenvalue weighted by Crippen LogP contribution is -2.51. The summed E-state index contributed by atoms with van der Waals surface area (Å²) in [6.07, 6.45) is 2.42. The van der Waals surface area contributed by atoms with Crippen LogP contribution in [-0.4, -0.2) is 41.6 Å². The number of nitrogens with one attached hydrogen (secondary N) is 1. The highest BCUT2D eigenvalue weighted by Crippen LogP contribution is 2.28. The second-order valence-electron chi connectivity index (χ2n) is 9.44. The Morgan fingerprint density at radius 2 is 1.88 bits per heavy atom. The van der Waals surface area contributed by atoms with Crippen molar-refractivity contribution in [3.63, 3.8) is 0 Å². The second-order valence-corrected chi connectivity index (χ2v) is 9.88. The molecule has 0 bridgehead atoms. The highest BCUT2D eigenvalue weighted by molar-refractivity contribution is 6.30. The van der Waals surface area contributed by atoms with Gasteiger partial charge in [0.2, 0.25) is 5.91 Å². The Hall–Kier alpha value is -3.25. The molecule has 3 aromatic rings. The zero-order valence-electron chi connectivity index (χ0n) is 19.6. The van der Waals surface area contributed by atoms with Crippen LogP contribution in [0.2, 0.25) is 5.02 Å². The Kier molecular flexibility index (Phi) is 6.98. The third-order valence-electron chi connectivity index (χ3n) is 5.60. The maximum atomic E-state index is 13.4. The van der Waals surface area contributed by atoms with Crippen LogP contribution in [0, 0.1) is 0 Å². The summed E-state index contributed by atoms with van der Waals surface area (Å²) in [6.45, 7) is 6.35. The summed E-state index contributed by atoms with van der Waals surface area (Å²) in [6, 6.07) is 16.4. The van der Waals surface area contributed by atoms with Crippen molar-refractivity contribution in [2.45, 2.75) is 45.3 Å². The van der Waals surface area contributed by atoms with Crippen molar-refractivity contribution in [3.05, 3.63) is 77.0 Å². The van der Waals surface area contributed by atoms with Crippen LogP contribution in [-0.2, 0) is 16.0 Å². The van der Waals surface area contributed by atoms with E-state index in [1.54, 1.807) is 37.8 Å². The predicted octanol–water partition coefficient (Wildman–Crippen LogP) is 5.84. The number of fused-ring (bicyclic) bond motifs is 1. The van der Waals surface area contributed by atoms with Gasteiger partial charge >= 0.3 is 6.09 Å². The summed E-state index contributed by atoms with van der Waals surface area (Å²) in [7, 11) is 0. The molecule has 0 spiro atoms. The first kappa shape index (κ1) is 23.9. The van der Waals surface area contributed by atoms with Crippen molar-refractivity contribution < 1.29 is 18.7 Å². The Morgan fingerprint density at radius 1 is 1.15 bits per heavy atom. The van der Waals surface area contributed by atoms with Crippen molar-refractivity contribution in [2.24, 2.45) is 0 Å². The largest absolute Gasteiger partial charge is 0.456 e. The van der Waals surface area contributed by atoms with E-state index in [9.17, 15) is 9.59 Å². The van der Waals surface area contributed by atoms with Crippen LogP contribution in [0.1, 0.15) is 38.5 Å². The van der Waals surface area contributed by atoms with E-state index in [1.807, 2.05) is 48.5 Å². The van der Waals surface area contributed by atoms with Crippen molar-refractivity contribution in [3.8, 4) is 0 Å². The molecule has 1 aromatic heterocycles. The lowest BCUT2D eigenvalue weighted by Gasteiger charge is -2.30. The molecule has 7 heteroatoms. The zero-order chi connectivity index (χ0) is 24.3. The molecule has 178 valence electrons. The number of hydrogen-bond donors (Lipinski definition) is 1. The van der Waals surface area contributed by atoms with Gasteiger partial charge in [0.1, 0.15) is 23.0 Å². The van der Waals surface area contributed by atoms with Gasteiger partial charge in [-0.25, -0.2) is 4.79 Å². The van der Waals surface area contributed by atoms with Crippen molar-refractivity contribution in [1.82, 2.24) is 10.2 Å². The molecule has 2 heterocycles. The highest BCUT2D eigenvalue weighted by Gasteiger charge is 2.29. The number of amides is 2. The molecule has 4 rings (SSSR count). The van der Waals surface area contributed by atoms with Gasteiger partial charge in [0.15, 0.2) is 0 Å². The highest BCUT2D eigenvalue weighted by atomic mass is 35.5. The molecule has 0 fully saturated rings. The number of ether oxygens (including phenoxy) is 1. The number of para-hydroxylation sites is 1. The summed E-state index contributed by atoms with van der Waals surface area (Å²) in [5.41, 5.74) is 2.17. The first-order chi connectivity index (χ1) is 16.2. The molecule has 34 heavy (non-hydrogen) atoms. The molecule has 0 saturated carbocycles. The standard InChI is InChI=1S/C27H29ClN2O4/c1-27(2,3)34-26(32)29-22(16-18-8-10-21(28)11-9-18)25(31)30-14-12-19(13-15-30)24-17-20-6-4-5-7-23(20)33-24/h4-12,17,22H,13-16H2,1-3H3,(H,29,32). The minimum atomic E-state index is -0.753. The average molecular weight is 481 g/mol. The zero-order valence-corrected chi connectivity index (χ0v) is 20.4. The Balaban J connectivity index is 1.48. The number of furan rings is 1. The van der Waals surface area contributed by atoms with E-state index in [1.165, 1.54) is 0 Å². The lowest BCUT2D eigenvalue weighted by molar-refractivity contribution is -0.133. The molecule has 0 saturated heterocycles. The quantitative estimate of drug-likeness (QED) is 0.498. The number of nitrogens with zero attached hydrogens (tertiary/aromatic N) is 1. The molecule has 1 aliphatic heterocycles. The van der Waals surface area contributed by atoms with Gasteiger partial charge in [0.25, 0.3) is 0 Å². The van der Waals surface area contributed by atoms with Crippen LogP contribution in [0.15, 0.2) is 65.1 Å². The normalized spacial score (nSPS) is 15.1. The fraction of sp³-hybridized carbons (Fsp3) is 0.333. The van der Waals surface area contributed by atoms with E-state index >= 15 is 0 Å². The molecule has 2 amide bonds. The van der Waals surface area contributed by atoms with Crippen molar-refractivity contribution in [1.29, 1.82) is 0 Å². The van der Waals surface area contributed by atoms with Gasteiger partial charge in [-0.3, -0.25) is 4.79 Å². The predicted molar refractivity (Wildman–Crippen MR) is 134 cm³/mol. The summed E-state index contributed by atoms with van der Waals surface area (Å²) in [5.74, 6) is 0.679. The molecule has 1 aliphatic rings. The van der Waals surface area contributed by atoms with Gasteiger partial charge in [0.05, 0.1) is 0 Å². The molecule has 0 aliphatic carbocycles. The molecule has 1 N–H and O–H groups in total. The van der Waals surface area contributed by atoms with E-state index < -0.39 is 17.7 Å². The van der Waals surface area contributed by atoms with Gasteiger partial charge in [-0.2, -0.15) is 0 Å². The molecule has 1 atom stereocenters. The first-order valence-corrected chi connectivity index (χ1v) is 11.8. The van der Waals surface area contributed by atoms with E-state index in [2.05, 4.69) is 5.32 Å². The van der Waals surface area contributed by atoms with Crippen molar-refractivity contribution in [2.75, 3.05) is 13.1 Å². The lowest BCUT2D eigenvalue weighted by atomic mass is 10.0. The van der Waals surface area contributed by atoms with Crippen molar-refractivity contribution >= 4 is 40.1 Å². The SMILES string of the molecule is CC(C)(C)OC(=O)NC(Cc1ccc(Cl)cc1)C(=O)N1CC=C(c2cc3ccccc3o2)CC1. The Morgan fingerprint density at radius 3 is 2.53 bits per heavy atom. The summed E-state index contributed by atoms with van der Waals surface area (Å²) >= 11 is 6.00. The Labute approximate surface area is 204 Å². The van der Waals surface area contributed by atoms with Crippen LogP contribution < -0.4 is 5.32 Å². The maximum Gasteiger partial charge on any atom is 0.408 e. The van der Waals surface area contributed by atoms with Crippen LogP contribution in [0.5, 0.6) is 0 Å². The number of alkyl carbamates (subject to hydrolysis) is 1. The van der Waals surface area contributed by atoms with Crippen LogP contribution in [0.25, 0.3) is 16.5 Å². The van der Waals surface area contributed by atoms with Crippen LogP contribution in [0.4, 0.5) is 4.79 Å². The number of rotatable bonds is 5. The van der Waals surface area contributed by atoms with Gasteiger partial charge in [-0.1, -0.05) is 48.0 Å². The van der Waals surface area contributed by atoms with Gasteiger partial charge < -0.3 is 19.4 Å². The Bertz CT molecular complexity index is 1170. The smallest absolute Gasteiger partial charge is 0.408 e. The summed E-state index contributed by atoms with van der Waals surface area (Å²) < 4.78 is 11.4. The number of benzene rings is 2. The third kappa shape index (κ3) is 6.00. The number of hydrogen-bond acceptors (Lipinski definition) is 4. The minimum Gasteiger partial charge on any atom is -0.456 e. The number of carbonyl (C=O) groups excluding carboxylic acids is 2.